The van der Waals surface area contributed by atoms with Gasteiger partial charge in [-0.25, -0.2) is 9.59 Å². The molecule has 1 aliphatic heterocycles. The van der Waals surface area contributed by atoms with Crippen LogP contribution in [0.3, 0.4) is 0 Å². The number of aryl methyl sites for hydroxylation is 1. The Hall–Kier alpha value is -3.33. The molecule has 2 aromatic rings. The zero-order chi connectivity index (χ0) is 21.5. The van der Waals surface area contributed by atoms with E-state index < -0.39 is 6.03 Å². The number of anilines is 2. The van der Waals surface area contributed by atoms with Gasteiger partial charge in [0.2, 0.25) is 0 Å². The van der Waals surface area contributed by atoms with E-state index in [1.165, 1.54) is 0 Å². The minimum atomic E-state index is -0.462. The van der Waals surface area contributed by atoms with Crippen LogP contribution in [0.4, 0.5) is 21.0 Å². The fourth-order valence-electron chi connectivity index (χ4n) is 3.19. The molecule has 0 atom stereocenters. The number of benzene rings is 1. The van der Waals surface area contributed by atoms with Crippen LogP contribution in [0.25, 0.3) is 0 Å². The molecule has 1 aromatic heterocycles. The topological polar surface area (TPSA) is 107 Å². The van der Waals surface area contributed by atoms with Gasteiger partial charge in [0.25, 0.3) is 0 Å². The van der Waals surface area contributed by atoms with Gasteiger partial charge in [-0.3, -0.25) is 9.88 Å². The molecule has 0 saturated carbocycles. The van der Waals surface area contributed by atoms with Gasteiger partial charge in [-0.1, -0.05) is 12.1 Å². The number of aromatic hydroxyl groups is 1. The molecule has 0 spiro atoms. The van der Waals surface area contributed by atoms with E-state index in [1.807, 2.05) is 13.0 Å². The molecule has 160 valence electrons. The summed E-state index contributed by atoms with van der Waals surface area (Å²) in [6.45, 7) is 7.03. The second-order valence-corrected chi connectivity index (χ2v) is 7.04. The lowest BCUT2D eigenvalue weighted by atomic mass is 10.1. The SMILES string of the molecule is CCOC(=O)N1CCN(Cc2cccc(NC(=O)Nc3ccc(C)nc3)c2O)CC1. The number of pyridine rings is 1. The van der Waals surface area contributed by atoms with Gasteiger partial charge in [-0.2, -0.15) is 0 Å². The lowest BCUT2D eigenvalue weighted by Crippen LogP contribution is -2.48. The summed E-state index contributed by atoms with van der Waals surface area (Å²) in [6.07, 6.45) is 1.28. The molecule has 0 radical (unpaired) electrons. The molecule has 2 heterocycles. The van der Waals surface area contributed by atoms with Gasteiger partial charge in [0.05, 0.1) is 24.2 Å². The summed E-state index contributed by atoms with van der Waals surface area (Å²) >= 11 is 0. The number of urea groups is 1. The second kappa shape index (κ2) is 9.93. The summed E-state index contributed by atoms with van der Waals surface area (Å²) in [5, 5.41) is 16.0. The van der Waals surface area contributed by atoms with Crippen LogP contribution >= 0.6 is 0 Å². The zero-order valence-electron chi connectivity index (χ0n) is 17.2. The van der Waals surface area contributed by atoms with E-state index in [0.29, 0.717) is 56.3 Å². The second-order valence-electron chi connectivity index (χ2n) is 7.04. The highest BCUT2D eigenvalue weighted by Gasteiger charge is 2.23. The summed E-state index contributed by atoms with van der Waals surface area (Å²) in [4.78, 5) is 32.0. The van der Waals surface area contributed by atoms with Crippen molar-refractivity contribution in [1.82, 2.24) is 14.8 Å². The summed E-state index contributed by atoms with van der Waals surface area (Å²) in [7, 11) is 0. The van der Waals surface area contributed by atoms with Crippen LogP contribution < -0.4 is 10.6 Å². The van der Waals surface area contributed by atoms with Gasteiger partial charge in [-0.05, 0) is 32.0 Å². The molecule has 0 bridgehead atoms. The molecule has 1 aliphatic rings. The summed E-state index contributed by atoms with van der Waals surface area (Å²) < 4.78 is 5.03. The highest BCUT2D eigenvalue weighted by atomic mass is 16.6. The van der Waals surface area contributed by atoms with Crippen molar-refractivity contribution in [3.05, 3.63) is 47.8 Å². The van der Waals surface area contributed by atoms with Crippen molar-refractivity contribution in [2.75, 3.05) is 43.4 Å². The third kappa shape index (κ3) is 5.60. The molecule has 30 heavy (non-hydrogen) atoms. The number of aromatic nitrogens is 1. The van der Waals surface area contributed by atoms with Crippen molar-refractivity contribution in [2.45, 2.75) is 20.4 Å². The van der Waals surface area contributed by atoms with Crippen molar-refractivity contribution in [3.8, 4) is 5.75 Å². The summed E-state index contributed by atoms with van der Waals surface area (Å²) in [5.41, 5.74) is 2.45. The number of phenolic OH excluding ortho intramolecular Hbond substituents is 1. The van der Waals surface area contributed by atoms with Gasteiger partial charge in [0.1, 0.15) is 5.75 Å². The lowest BCUT2D eigenvalue weighted by molar-refractivity contribution is 0.0776. The number of hydrogen-bond donors (Lipinski definition) is 3. The van der Waals surface area contributed by atoms with Crippen LogP contribution in [0.5, 0.6) is 5.75 Å². The number of nitrogens with zero attached hydrogens (tertiary/aromatic N) is 3. The van der Waals surface area contributed by atoms with Gasteiger partial charge >= 0.3 is 12.1 Å². The van der Waals surface area contributed by atoms with E-state index in [0.717, 1.165) is 5.69 Å². The largest absolute Gasteiger partial charge is 0.505 e. The average Bonchev–Trinajstić information content (AvgIpc) is 2.73. The molecule has 1 aromatic carbocycles. The first-order chi connectivity index (χ1) is 14.5. The Labute approximate surface area is 175 Å². The molecule has 0 unspecified atom stereocenters. The van der Waals surface area contributed by atoms with Crippen molar-refractivity contribution in [3.63, 3.8) is 0 Å². The first-order valence-corrected chi connectivity index (χ1v) is 9.92. The van der Waals surface area contributed by atoms with Crippen LogP contribution in [0.2, 0.25) is 0 Å². The number of piperazine rings is 1. The summed E-state index contributed by atoms with van der Waals surface area (Å²) in [6, 6.07) is 8.34. The molecule has 3 N–H and O–H groups in total. The minimum absolute atomic E-state index is 0.0301. The van der Waals surface area contributed by atoms with Gasteiger partial charge in [0, 0.05) is 44.0 Å². The predicted molar refractivity (Wildman–Crippen MR) is 114 cm³/mol. The highest BCUT2D eigenvalue weighted by molar-refractivity contribution is 6.00. The average molecular weight is 413 g/mol. The monoisotopic (exact) mass is 413 g/mol. The van der Waals surface area contributed by atoms with Crippen molar-refractivity contribution in [2.24, 2.45) is 0 Å². The normalized spacial score (nSPS) is 14.3. The lowest BCUT2D eigenvalue weighted by Gasteiger charge is -2.34. The number of hydrogen-bond acceptors (Lipinski definition) is 6. The smallest absolute Gasteiger partial charge is 0.409 e. The molecule has 9 heteroatoms. The number of carbonyl (C=O) groups is 2. The maximum Gasteiger partial charge on any atom is 0.409 e. The Morgan fingerprint density at radius 1 is 1.13 bits per heavy atom. The zero-order valence-corrected chi connectivity index (χ0v) is 17.2. The van der Waals surface area contributed by atoms with E-state index in [1.54, 1.807) is 42.3 Å². The molecule has 3 amide bonds. The Bertz CT molecular complexity index is 879. The Kier molecular flexibility index (Phi) is 7.08. The molecule has 3 rings (SSSR count). The maximum atomic E-state index is 12.3. The fourth-order valence-corrected chi connectivity index (χ4v) is 3.19. The molecular weight excluding hydrogens is 386 g/mol. The number of amides is 3. The number of ether oxygens (including phenoxy) is 1. The fraction of sp³-hybridized carbons (Fsp3) is 0.381. The maximum absolute atomic E-state index is 12.3. The molecule has 9 nitrogen and oxygen atoms in total. The van der Waals surface area contributed by atoms with E-state index >= 15 is 0 Å². The van der Waals surface area contributed by atoms with E-state index in [4.69, 9.17) is 4.74 Å². The number of nitrogens with one attached hydrogen (secondary N) is 2. The van der Waals surface area contributed by atoms with Crippen LogP contribution in [0, 0.1) is 6.92 Å². The Morgan fingerprint density at radius 3 is 2.57 bits per heavy atom. The van der Waals surface area contributed by atoms with E-state index in [-0.39, 0.29) is 11.8 Å². The number of rotatable bonds is 5. The quantitative estimate of drug-likeness (QED) is 0.651. The van der Waals surface area contributed by atoms with Crippen molar-refractivity contribution >= 4 is 23.5 Å². The van der Waals surface area contributed by atoms with Gasteiger partial charge < -0.3 is 25.4 Å². The molecular formula is C21H27N5O4. The first-order valence-electron chi connectivity index (χ1n) is 9.92. The van der Waals surface area contributed by atoms with Crippen LogP contribution in [0.1, 0.15) is 18.2 Å². The van der Waals surface area contributed by atoms with Crippen LogP contribution in [-0.4, -0.2) is 64.8 Å². The van der Waals surface area contributed by atoms with Crippen LogP contribution in [0.15, 0.2) is 36.5 Å². The third-order valence-corrected chi connectivity index (χ3v) is 4.83. The first kappa shape index (κ1) is 21.4. The number of carbonyl (C=O) groups excluding carboxylic acids is 2. The Morgan fingerprint density at radius 2 is 1.90 bits per heavy atom. The van der Waals surface area contributed by atoms with Crippen LogP contribution in [-0.2, 0) is 11.3 Å². The predicted octanol–water partition coefficient (Wildman–Crippen LogP) is 3.01. The van der Waals surface area contributed by atoms with Gasteiger partial charge in [0.15, 0.2) is 0 Å². The summed E-state index contributed by atoms with van der Waals surface area (Å²) in [5.74, 6) is 0.0301. The van der Waals surface area contributed by atoms with E-state index in [9.17, 15) is 14.7 Å². The van der Waals surface area contributed by atoms with Crippen molar-refractivity contribution in [1.29, 1.82) is 0 Å². The Balaban J connectivity index is 1.56. The number of para-hydroxylation sites is 1. The standard InChI is InChI=1S/C21H27N5O4/c1-3-30-21(29)26-11-9-25(10-12-26)14-16-5-4-6-18(19(16)27)24-20(28)23-17-8-7-15(2)22-13-17/h4-8,13,27H,3,9-12,14H2,1-2H3,(H2,23,24,28). The molecule has 0 aliphatic carbocycles. The highest BCUT2D eigenvalue weighted by Crippen LogP contribution is 2.29. The molecule has 1 fully saturated rings. The van der Waals surface area contributed by atoms with Gasteiger partial charge in [-0.15, -0.1) is 0 Å². The van der Waals surface area contributed by atoms with Crippen molar-refractivity contribution < 1.29 is 19.4 Å². The number of phenols is 1. The van der Waals surface area contributed by atoms with E-state index in [2.05, 4.69) is 20.5 Å². The molecule has 1 saturated heterocycles. The third-order valence-electron chi connectivity index (χ3n) is 4.83. The minimum Gasteiger partial charge on any atom is -0.505 e.